The van der Waals surface area contributed by atoms with E-state index in [0.717, 1.165) is 12.8 Å². The molecule has 0 amide bonds. The van der Waals surface area contributed by atoms with Crippen molar-refractivity contribution in [2.24, 2.45) is 0 Å². The molecule has 1 N–H and O–H groups in total. The van der Waals surface area contributed by atoms with Gasteiger partial charge < -0.3 is 5.11 Å². The van der Waals surface area contributed by atoms with Crippen molar-refractivity contribution < 1.29 is 5.11 Å². The van der Waals surface area contributed by atoms with E-state index in [2.05, 4.69) is 19.6 Å². The van der Waals surface area contributed by atoms with Crippen molar-refractivity contribution in [2.75, 3.05) is 0 Å². The molecule has 1 nitrogen and oxygen atoms in total. The Bertz CT molecular complexity index is 208. The molecule has 0 rings (SSSR count). The molecule has 1 heteroatoms. The highest BCUT2D eigenvalue weighted by Crippen LogP contribution is 2.13. The monoisotopic (exact) mass is 266 g/mol. The van der Waals surface area contributed by atoms with Crippen LogP contribution in [0.5, 0.6) is 0 Å². The van der Waals surface area contributed by atoms with Crippen LogP contribution in [-0.4, -0.2) is 11.2 Å². The van der Waals surface area contributed by atoms with Crippen LogP contribution in [0.1, 0.15) is 84.0 Å². The first-order valence-corrected chi connectivity index (χ1v) is 8.26. The van der Waals surface area contributed by atoms with Gasteiger partial charge in [0, 0.05) is 0 Å². The molecule has 0 radical (unpaired) electrons. The lowest BCUT2D eigenvalue weighted by Gasteiger charge is -2.09. The lowest BCUT2D eigenvalue weighted by molar-refractivity contribution is 0.147. The van der Waals surface area contributed by atoms with E-state index in [4.69, 9.17) is 0 Å². The number of hydrogen-bond donors (Lipinski definition) is 1. The van der Waals surface area contributed by atoms with E-state index in [1.165, 1.54) is 64.2 Å². The quantitative estimate of drug-likeness (QED) is 0.311. The topological polar surface area (TPSA) is 20.2 Å². The fourth-order valence-electron chi connectivity index (χ4n) is 2.32. The second kappa shape index (κ2) is 15.5. The second-order valence-corrected chi connectivity index (χ2v) is 5.51. The maximum Gasteiger partial charge on any atom is 0.0540 e. The van der Waals surface area contributed by atoms with E-state index < -0.39 is 0 Å². The van der Waals surface area contributed by atoms with Crippen LogP contribution >= 0.6 is 0 Å². The lowest BCUT2D eigenvalue weighted by atomic mass is 10.0. The Morgan fingerprint density at radius 3 is 2.11 bits per heavy atom. The van der Waals surface area contributed by atoms with Gasteiger partial charge in [-0.05, 0) is 25.7 Å². The van der Waals surface area contributed by atoms with E-state index in [9.17, 15) is 5.11 Å². The van der Waals surface area contributed by atoms with Gasteiger partial charge in [0.2, 0.25) is 0 Å². The van der Waals surface area contributed by atoms with E-state index in [0.29, 0.717) is 0 Å². The predicted octanol–water partition coefficient (Wildman–Crippen LogP) is 5.79. The van der Waals surface area contributed by atoms with Crippen LogP contribution < -0.4 is 0 Å². The Labute approximate surface area is 120 Å². The van der Waals surface area contributed by atoms with E-state index in [1.54, 1.807) is 0 Å². The van der Waals surface area contributed by atoms with Crippen LogP contribution in [0.15, 0.2) is 24.8 Å². The highest BCUT2D eigenvalue weighted by Gasteiger charge is 2.02. The Morgan fingerprint density at radius 2 is 1.47 bits per heavy atom. The van der Waals surface area contributed by atoms with Gasteiger partial charge in [0.05, 0.1) is 6.10 Å². The summed E-state index contributed by atoms with van der Waals surface area (Å²) >= 11 is 0. The van der Waals surface area contributed by atoms with Crippen molar-refractivity contribution in [2.45, 2.75) is 90.1 Å². The summed E-state index contributed by atoms with van der Waals surface area (Å²) in [5, 5.41) is 9.78. The zero-order valence-corrected chi connectivity index (χ0v) is 12.9. The largest absolute Gasteiger partial charge is 0.393 e. The number of allylic oxidation sites excluding steroid dienone is 3. The minimum absolute atomic E-state index is 0.0457. The van der Waals surface area contributed by atoms with Gasteiger partial charge >= 0.3 is 0 Å². The van der Waals surface area contributed by atoms with E-state index in [1.807, 2.05) is 12.2 Å². The summed E-state index contributed by atoms with van der Waals surface area (Å²) in [6.45, 7) is 5.87. The molecular formula is C18H34O. The molecule has 0 saturated carbocycles. The zero-order chi connectivity index (χ0) is 14.2. The fourth-order valence-corrected chi connectivity index (χ4v) is 2.32. The van der Waals surface area contributed by atoms with Crippen molar-refractivity contribution in [1.82, 2.24) is 0 Å². The van der Waals surface area contributed by atoms with Gasteiger partial charge in [0.1, 0.15) is 0 Å². The van der Waals surface area contributed by atoms with E-state index >= 15 is 0 Å². The molecule has 1 atom stereocenters. The first-order valence-electron chi connectivity index (χ1n) is 8.26. The molecule has 0 aliphatic heterocycles. The maximum atomic E-state index is 9.78. The average Bonchev–Trinajstić information content (AvgIpc) is 2.41. The van der Waals surface area contributed by atoms with Crippen LogP contribution in [0.2, 0.25) is 0 Å². The minimum atomic E-state index is -0.0457. The summed E-state index contributed by atoms with van der Waals surface area (Å²) in [5.41, 5.74) is 0. The summed E-state index contributed by atoms with van der Waals surface area (Å²) in [6.07, 6.45) is 20.7. The van der Waals surface area contributed by atoms with Gasteiger partial charge in [-0.15, -0.1) is 0 Å². The fraction of sp³-hybridized carbons (Fsp3) is 0.778. The standard InChI is InChI=1S/C18H34O/c1-3-5-7-8-9-10-11-12-13-15-17-18(19)16-14-6-4-2/h3,5,7,18-19H,1,4,6,8-17H2,2H3/b7-5+. The summed E-state index contributed by atoms with van der Waals surface area (Å²) in [4.78, 5) is 0. The number of aliphatic hydroxyl groups is 1. The van der Waals surface area contributed by atoms with Crippen LogP contribution in [0.3, 0.4) is 0 Å². The molecule has 19 heavy (non-hydrogen) atoms. The number of aliphatic hydroxyl groups excluding tert-OH is 1. The third-order valence-corrected chi connectivity index (χ3v) is 3.57. The van der Waals surface area contributed by atoms with Crippen molar-refractivity contribution in [3.05, 3.63) is 24.8 Å². The molecule has 0 aromatic heterocycles. The molecule has 0 aromatic rings. The summed E-state index contributed by atoms with van der Waals surface area (Å²) in [6, 6.07) is 0. The van der Waals surface area contributed by atoms with Gasteiger partial charge in [-0.25, -0.2) is 0 Å². The van der Waals surface area contributed by atoms with Crippen LogP contribution in [0.4, 0.5) is 0 Å². The maximum absolute atomic E-state index is 9.78. The van der Waals surface area contributed by atoms with Gasteiger partial charge in [-0.1, -0.05) is 83.1 Å². The highest BCUT2D eigenvalue weighted by molar-refractivity contribution is 4.96. The molecule has 0 bridgehead atoms. The zero-order valence-electron chi connectivity index (χ0n) is 12.9. The number of rotatable bonds is 14. The molecule has 0 saturated heterocycles. The highest BCUT2D eigenvalue weighted by atomic mass is 16.3. The van der Waals surface area contributed by atoms with Crippen LogP contribution in [0.25, 0.3) is 0 Å². The third kappa shape index (κ3) is 15.4. The van der Waals surface area contributed by atoms with Crippen LogP contribution in [0, 0.1) is 0 Å². The SMILES string of the molecule is C=C/C=C/CCCCCCCCC(O)CCCCC. The summed E-state index contributed by atoms with van der Waals surface area (Å²) in [7, 11) is 0. The van der Waals surface area contributed by atoms with Crippen molar-refractivity contribution >= 4 is 0 Å². The lowest BCUT2D eigenvalue weighted by Crippen LogP contribution is -2.05. The minimum Gasteiger partial charge on any atom is -0.393 e. The number of unbranched alkanes of at least 4 members (excludes halogenated alkanes) is 8. The molecule has 112 valence electrons. The van der Waals surface area contributed by atoms with Gasteiger partial charge in [-0.3, -0.25) is 0 Å². The number of hydrogen-bond acceptors (Lipinski definition) is 1. The van der Waals surface area contributed by atoms with Gasteiger partial charge in [-0.2, -0.15) is 0 Å². The molecule has 0 aromatic carbocycles. The summed E-state index contributed by atoms with van der Waals surface area (Å²) < 4.78 is 0. The predicted molar refractivity (Wildman–Crippen MR) is 86.4 cm³/mol. The Morgan fingerprint density at radius 1 is 0.895 bits per heavy atom. The normalized spacial score (nSPS) is 12.9. The molecule has 0 heterocycles. The second-order valence-electron chi connectivity index (χ2n) is 5.51. The molecular weight excluding hydrogens is 232 g/mol. The molecule has 0 spiro atoms. The van der Waals surface area contributed by atoms with Crippen molar-refractivity contribution in [1.29, 1.82) is 0 Å². The van der Waals surface area contributed by atoms with Gasteiger partial charge in [0.15, 0.2) is 0 Å². The van der Waals surface area contributed by atoms with E-state index in [-0.39, 0.29) is 6.10 Å². The Hall–Kier alpha value is -0.560. The first kappa shape index (κ1) is 18.4. The van der Waals surface area contributed by atoms with Gasteiger partial charge in [0.25, 0.3) is 0 Å². The molecule has 0 aliphatic rings. The molecule has 0 aliphatic carbocycles. The van der Waals surface area contributed by atoms with Crippen molar-refractivity contribution in [3.63, 3.8) is 0 Å². The Balaban J connectivity index is 3.13. The smallest absolute Gasteiger partial charge is 0.0540 e. The molecule has 1 unspecified atom stereocenters. The van der Waals surface area contributed by atoms with Crippen LogP contribution in [-0.2, 0) is 0 Å². The van der Waals surface area contributed by atoms with Crippen molar-refractivity contribution in [3.8, 4) is 0 Å². The Kier molecular flexibility index (Phi) is 15.0. The summed E-state index contributed by atoms with van der Waals surface area (Å²) in [5.74, 6) is 0. The molecule has 0 fully saturated rings. The average molecular weight is 266 g/mol. The third-order valence-electron chi connectivity index (χ3n) is 3.57. The first-order chi connectivity index (χ1) is 9.31.